The molecule has 1 heterocycles. The number of rotatable bonds is 3. The quantitative estimate of drug-likeness (QED) is 0.829. The van der Waals surface area contributed by atoms with Crippen molar-refractivity contribution in [1.29, 1.82) is 0 Å². The molecule has 2 unspecified atom stereocenters. The lowest BCUT2D eigenvalue weighted by Gasteiger charge is -2.40. The molecule has 0 aromatic heterocycles. The maximum atomic E-state index is 14.9. The lowest BCUT2D eigenvalue weighted by Crippen LogP contribution is -2.44. The molecule has 2 aromatic rings. The monoisotopic (exact) mass is 369 g/mol. The van der Waals surface area contributed by atoms with Gasteiger partial charge in [0.2, 0.25) is 0 Å². The van der Waals surface area contributed by atoms with Crippen LogP contribution in [0.2, 0.25) is 0 Å². The molecular weight excluding hydrogens is 341 g/mol. The Bertz CT molecular complexity index is 769. The molecule has 0 spiro atoms. The van der Waals surface area contributed by atoms with Crippen molar-refractivity contribution in [3.8, 4) is 0 Å². The number of halogens is 1. The highest BCUT2D eigenvalue weighted by Gasteiger charge is 2.29. The number of ether oxygens (including phenoxy) is 1. The molecule has 1 N–H and O–H groups in total. The molecule has 2 fully saturated rings. The van der Waals surface area contributed by atoms with E-state index in [0.29, 0.717) is 18.8 Å². The van der Waals surface area contributed by atoms with Crippen LogP contribution in [0.1, 0.15) is 43.4 Å². The highest BCUT2D eigenvalue weighted by molar-refractivity contribution is 5.60. The second-order valence-corrected chi connectivity index (χ2v) is 7.09. The number of aliphatic hydroxyl groups is 1. The number of nitrogens with zero attached hydrogens (tertiary/aromatic N) is 1. The summed E-state index contributed by atoms with van der Waals surface area (Å²) in [5.41, 5.74) is 4.22. The minimum Gasteiger partial charge on any atom is -0.400 e. The third-order valence-electron chi connectivity index (χ3n) is 5.20. The smallest absolute Gasteiger partial charge is 0.147 e. The maximum Gasteiger partial charge on any atom is 0.147 e. The van der Waals surface area contributed by atoms with Gasteiger partial charge < -0.3 is 14.7 Å². The average molecular weight is 369 g/mol. The summed E-state index contributed by atoms with van der Waals surface area (Å²) in [7, 11) is 1.00. The second kappa shape index (κ2) is 9.16. The number of hydrogen-bond acceptors (Lipinski definition) is 3. The fourth-order valence-electron chi connectivity index (χ4n) is 3.63. The Kier molecular flexibility index (Phi) is 6.64. The van der Waals surface area contributed by atoms with Crippen LogP contribution in [0.4, 0.5) is 10.1 Å². The first-order chi connectivity index (χ1) is 13.2. The summed E-state index contributed by atoms with van der Waals surface area (Å²) in [5.74, 6) is -0.149. The Morgan fingerprint density at radius 1 is 1.11 bits per heavy atom. The van der Waals surface area contributed by atoms with Crippen molar-refractivity contribution >= 4 is 11.8 Å². The van der Waals surface area contributed by atoms with E-state index >= 15 is 0 Å². The third-order valence-corrected chi connectivity index (χ3v) is 5.20. The first kappa shape index (κ1) is 19.6. The van der Waals surface area contributed by atoms with E-state index < -0.39 is 0 Å². The standard InChI is InChI=1S/C22H24FNO.CH4O/c1-16-14-24(22(15-25-16)19-8-3-2-4-9-19)21-11-10-18(13-20(21)23)12-17-6-5-7-17;1-2/h2-4,8-13,16,22H,5-7,14-15H2,1H3;2H,1H3. The van der Waals surface area contributed by atoms with Crippen molar-refractivity contribution in [3.63, 3.8) is 0 Å². The van der Waals surface area contributed by atoms with Gasteiger partial charge >= 0.3 is 0 Å². The zero-order valence-electron chi connectivity index (χ0n) is 16.1. The van der Waals surface area contributed by atoms with E-state index in [9.17, 15) is 4.39 Å². The average Bonchev–Trinajstić information content (AvgIpc) is 2.67. The molecule has 4 rings (SSSR count). The molecule has 0 bridgehead atoms. The molecule has 0 amide bonds. The topological polar surface area (TPSA) is 32.7 Å². The van der Waals surface area contributed by atoms with E-state index in [1.54, 1.807) is 6.07 Å². The molecule has 1 aliphatic heterocycles. The summed E-state index contributed by atoms with van der Waals surface area (Å²) >= 11 is 0. The van der Waals surface area contributed by atoms with Crippen LogP contribution in [0.5, 0.6) is 0 Å². The van der Waals surface area contributed by atoms with Crippen LogP contribution in [-0.4, -0.2) is 31.5 Å². The fourth-order valence-corrected chi connectivity index (χ4v) is 3.63. The van der Waals surface area contributed by atoms with Crippen molar-refractivity contribution < 1.29 is 14.2 Å². The summed E-state index contributed by atoms with van der Waals surface area (Å²) in [4.78, 5) is 2.15. The zero-order valence-corrected chi connectivity index (χ0v) is 16.1. The van der Waals surface area contributed by atoms with Gasteiger partial charge in [0, 0.05) is 13.7 Å². The molecule has 2 aromatic carbocycles. The van der Waals surface area contributed by atoms with Gasteiger partial charge in [0.1, 0.15) is 5.82 Å². The number of anilines is 1. The van der Waals surface area contributed by atoms with Crippen LogP contribution in [0, 0.1) is 5.82 Å². The van der Waals surface area contributed by atoms with Crippen LogP contribution in [-0.2, 0) is 4.74 Å². The molecule has 3 nitrogen and oxygen atoms in total. The Balaban J connectivity index is 0.00000102. The van der Waals surface area contributed by atoms with Gasteiger partial charge in [0.15, 0.2) is 0 Å². The largest absolute Gasteiger partial charge is 0.400 e. The molecule has 144 valence electrons. The lowest BCUT2D eigenvalue weighted by molar-refractivity contribution is 0.0300. The van der Waals surface area contributed by atoms with Crippen LogP contribution in [0.3, 0.4) is 0 Å². The van der Waals surface area contributed by atoms with Crippen LogP contribution >= 0.6 is 0 Å². The molecular formula is C23H28FNO2. The van der Waals surface area contributed by atoms with Crippen LogP contribution < -0.4 is 4.90 Å². The maximum absolute atomic E-state index is 14.9. The predicted molar refractivity (Wildman–Crippen MR) is 108 cm³/mol. The van der Waals surface area contributed by atoms with Gasteiger partial charge in [-0.25, -0.2) is 4.39 Å². The zero-order chi connectivity index (χ0) is 19.2. The van der Waals surface area contributed by atoms with Gasteiger partial charge in [-0.2, -0.15) is 0 Å². The van der Waals surface area contributed by atoms with Gasteiger partial charge in [-0.1, -0.05) is 48.0 Å². The predicted octanol–water partition coefficient (Wildman–Crippen LogP) is 4.97. The number of aliphatic hydroxyl groups excluding tert-OH is 1. The van der Waals surface area contributed by atoms with Crippen molar-refractivity contribution in [3.05, 3.63) is 71.0 Å². The summed E-state index contributed by atoms with van der Waals surface area (Å²) < 4.78 is 20.8. The third kappa shape index (κ3) is 4.57. The Morgan fingerprint density at radius 3 is 2.48 bits per heavy atom. The summed E-state index contributed by atoms with van der Waals surface area (Å²) in [6, 6.07) is 15.9. The molecule has 1 aliphatic carbocycles. The lowest BCUT2D eigenvalue weighted by atomic mass is 9.90. The molecule has 2 atom stereocenters. The number of hydrogen-bond donors (Lipinski definition) is 1. The Hall–Kier alpha value is -2.17. The SMILES string of the molecule is CC1CN(c2ccc(C=C3CCC3)cc2F)C(c2ccccc2)CO1.CO. The van der Waals surface area contributed by atoms with Gasteiger partial charge in [-0.15, -0.1) is 0 Å². The summed E-state index contributed by atoms with van der Waals surface area (Å²) in [6.07, 6.45) is 5.79. The van der Waals surface area contributed by atoms with Crippen molar-refractivity contribution in [2.24, 2.45) is 0 Å². The van der Waals surface area contributed by atoms with E-state index in [1.165, 1.54) is 12.0 Å². The second-order valence-electron chi connectivity index (χ2n) is 7.09. The van der Waals surface area contributed by atoms with Crippen LogP contribution in [0.25, 0.3) is 6.08 Å². The van der Waals surface area contributed by atoms with E-state index in [1.807, 2.05) is 37.3 Å². The number of morpholine rings is 1. The van der Waals surface area contributed by atoms with E-state index in [0.717, 1.165) is 31.1 Å². The minimum atomic E-state index is -0.149. The molecule has 1 saturated heterocycles. The van der Waals surface area contributed by atoms with Crippen molar-refractivity contribution in [2.45, 2.75) is 38.3 Å². The Labute approximate surface area is 161 Å². The highest BCUT2D eigenvalue weighted by atomic mass is 19.1. The van der Waals surface area contributed by atoms with E-state index in [-0.39, 0.29) is 18.0 Å². The molecule has 0 radical (unpaired) electrons. The molecule has 4 heteroatoms. The molecule has 2 aliphatic rings. The van der Waals surface area contributed by atoms with E-state index in [2.05, 4.69) is 23.1 Å². The fraction of sp³-hybridized carbons (Fsp3) is 0.391. The summed E-state index contributed by atoms with van der Waals surface area (Å²) in [6.45, 7) is 3.31. The van der Waals surface area contributed by atoms with Crippen molar-refractivity contribution in [1.82, 2.24) is 0 Å². The minimum absolute atomic E-state index is 0.0442. The van der Waals surface area contributed by atoms with Gasteiger partial charge in [-0.05, 0) is 49.4 Å². The molecule has 1 saturated carbocycles. The van der Waals surface area contributed by atoms with Crippen LogP contribution in [0.15, 0.2) is 54.1 Å². The van der Waals surface area contributed by atoms with E-state index in [4.69, 9.17) is 9.84 Å². The first-order valence-corrected chi connectivity index (χ1v) is 9.57. The normalized spacial score (nSPS) is 21.8. The number of allylic oxidation sites excluding steroid dienone is 1. The van der Waals surface area contributed by atoms with Gasteiger partial charge in [-0.3, -0.25) is 0 Å². The summed E-state index contributed by atoms with van der Waals surface area (Å²) in [5, 5.41) is 7.00. The first-order valence-electron chi connectivity index (χ1n) is 9.57. The van der Waals surface area contributed by atoms with Crippen molar-refractivity contribution in [2.75, 3.05) is 25.2 Å². The van der Waals surface area contributed by atoms with Gasteiger partial charge in [0.05, 0.1) is 24.4 Å². The Morgan fingerprint density at radius 2 is 1.85 bits per heavy atom. The highest BCUT2D eigenvalue weighted by Crippen LogP contribution is 2.34. The molecule has 27 heavy (non-hydrogen) atoms. The number of benzene rings is 2. The van der Waals surface area contributed by atoms with Gasteiger partial charge in [0.25, 0.3) is 0 Å².